The topological polar surface area (TPSA) is 0 Å². The number of rotatable bonds is 6. The molecule has 0 heterocycles. The number of hydrogen-bond acceptors (Lipinski definition) is 0. The maximum absolute atomic E-state index is 2.56. The molecule has 0 aliphatic rings. The molecule has 0 aromatic rings. The van der Waals surface area contributed by atoms with E-state index in [-0.39, 0.29) is 19.0 Å². The van der Waals surface area contributed by atoms with Gasteiger partial charge in [0.05, 0.1) is 0 Å². The van der Waals surface area contributed by atoms with Gasteiger partial charge in [-0.05, 0) is 13.8 Å². The summed E-state index contributed by atoms with van der Waals surface area (Å²) in [6.45, 7) is 4.43. The summed E-state index contributed by atoms with van der Waals surface area (Å²) >= 11 is 5.12. The van der Waals surface area contributed by atoms with E-state index >= 15 is 0 Å². The lowest BCUT2D eigenvalue weighted by Crippen LogP contribution is -1.99. The molecule has 0 bridgehead atoms. The van der Waals surface area contributed by atoms with E-state index in [9.17, 15) is 0 Å². The Morgan fingerprint density at radius 1 is 1.33 bits per heavy atom. The van der Waals surface area contributed by atoms with Crippen molar-refractivity contribution in [3.63, 3.8) is 0 Å². The van der Waals surface area contributed by atoms with Crippen LogP contribution in [0.25, 0.3) is 0 Å². The van der Waals surface area contributed by atoms with E-state index in [1.54, 1.807) is 6.04 Å². The zero-order valence-electron chi connectivity index (χ0n) is 7.95. The molecule has 0 aromatic carbocycles. The standard InChI is InChI=1S/C8H18I2Si2/c1-7(2)6-11-4-3-5-12-8(9)10/h6,8H,3-5,11-12H2,1-2H3. The van der Waals surface area contributed by atoms with Crippen LogP contribution in [0.4, 0.5) is 0 Å². The van der Waals surface area contributed by atoms with Crippen molar-refractivity contribution in [2.75, 3.05) is 0 Å². The van der Waals surface area contributed by atoms with E-state index in [0.717, 1.165) is 1.55 Å². The quantitative estimate of drug-likeness (QED) is 0.266. The molecule has 0 aliphatic heterocycles. The molecule has 72 valence electrons. The second-order valence-corrected chi connectivity index (χ2v) is 15.8. The van der Waals surface area contributed by atoms with E-state index in [1.165, 1.54) is 18.0 Å². The maximum Gasteiger partial charge on any atom is 0.0484 e. The fraction of sp³-hybridized carbons (Fsp3) is 0.750. The smallest absolute Gasteiger partial charge is 0.0484 e. The largest absolute Gasteiger partial charge is 0.103 e. The Kier molecular flexibility index (Phi) is 10.5. The van der Waals surface area contributed by atoms with Gasteiger partial charge in [0.2, 0.25) is 0 Å². The van der Waals surface area contributed by atoms with Crippen LogP contribution in [0, 0.1) is 0 Å². The third kappa shape index (κ3) is 11.6. The van der Waals surface area contributed by atoms with E-state index in [4.69, 9.17) is 0 Å². The average molecular weight is 424 g/mol. The van der Waals surface area contributed by atoms with Crippen LogP contribution >= 0.6 is 45.2 Å². The lowest BCUT2D eigenvalue weighted by atomic mass is 10.4. The van der Waals surface area contributed by atoms with E-state index in [1.807, 2.05) is 0 Å². The molecule has 0 aromatic heterocycles. The Morgan fingerprint density at radius 2 is 2.00 bits per heavy atom. The van der Waals surface area contributed by atoms with Gasteiger partial charge in [-0.25, -0.2) is 0 Å². The molecule has 0 unspecified atom stereocenters. The Labute approximate surface area is 108 Å². The minimum atomic E-state index is 0.174. The highest BCUT2D eigenvalue weighted by molar-refractivity contribution is 14.2. The van der Waals surface area contributed by atoms with Crippen LogP contribution in [0.15, 0.2) is 11.3 Å². The van der Waals surface area contributed by atoms with Crippen LogP contribution in [0.5, 0.6) is 0 Å². The molecule has 0 spiro atoms. The van der Waals surface area contributed by atoms with Gasteiger partial charge in [-0.3, -0.25) is 0 Å². The SMILES string of the molecule is CC(C)=C[SiH2]CCC[SiH2]C(I)I. The van der Waals surface area contributed by atoms with Crippen LogP contribution in [0.3, 0.4) is 0 Å². The molecule has 0 amide bonds. The molecule has 4 heteroatoms. The van der Waals surface area contributed by atoms with Crippen LogP contribution in [0.1, 0.15) is 20.3 Å². The van der Waals surface area contributed by atoms with Gasteiger partial charge in [0.25, 0.3) is 0 Å². The molecule has 0 aliphatic carbocycles. The molecular formula is C8H18I2Si2. The van der Waals surface area contributed by atoms with Crippen LogP contribution in [-0.2, 0) is 0 Å². The Balaban J connectivity index is 3.06. The van der Waals surface area contributed by atoms with Gasteiger partial charge in [-0.1, -0.05) is 69.3 Å². The lowest BCUT2D eigenvalue weighted by Gasteiger charge is -1.99. The maximum atomic E-state index is 2.56. The van der Waals surface area contributed by atoms with Gasteiger partial charge in [0.15, 0.2) is 0 Å². The highest BCUT2D eigenvalue weighted by Gasteiger charge is 1.97. The highest BCUT2D eigenvalue weighted by atomic mass is 127. The molecule has 0 saturated carbocycles. The first-order valence-corrected chi connectivity index (χ1v) is 10.7. The number of hydrogen-bond donors (Lipinski definition) is 0. The van der Waals surface area contributed by atoms with Gasteiger partial charge >= 0.3 is 0 Å². The second-order valence-electron chi connectivity index (χ2n) is 3.31. The Morgan fingerprint density at radius 3 is 2.50 bits per heavy atom. The fourth-order valence-corrected chi connectivity index (χ4v) is 6.73. The summed E-state index contributed by atoms with van der Waals surface area (Å²) < 4.78 is 0.977. The first-order chi connectivity index (χ1) is 5.63. The van der Waals surface area contributed by atoms with Gasteiger partial charge in [-0.2, -0.15) is 0 Å². The minimum absolute atomic E-state index is 0.174. The molecule has 0 fully saturated rings. The Hall–Kier alpha value is 1.63. The summed E-state index contributed by atoms with van der Waals surface area (Å²) in [4.78, 5) is 0. The van der Waals surface area contributed by atoms with Crippen molar-refractivity contribution in [2.45, 2.75) is 33.9 Å². The molecular weight excluding hydrogens is 406 g/mol. The average Bonchev–Trinajstić information content (AvgIpc) is 1.95. The summed E-state index contributed by atoms with van der Waals surface area (Å²) in [5.41, 5.74) is 4.02. The summed E-state index contributed by atoms with van der Waals surface area (Å²) in [7, 11) is 0.448. The molecule has 0 radical (unpaired) electrons. The van der Waals surface area contributed by atoms with Gasteiger partial charge in [0.1, 0.15) is 0 Å². The third-order valence-corrected chi connectivity index (χ3v) is 8.77. The highest BCUT2D eigenvalue weighted by Crippen LogP contribution is 2.10. The summed E-state index contributed by atoms with van der Waals surface area (Å²) in [6.07, 6.45) is 1.52. The van der Waals surface area contributed by atoms with Crippen molar-refractivity contribution >= 4 is 64.2 Å². The Bertz CT molecular complexity index is 131. The van der Waals surface area contributed by atoms with Crippen LogP contribution in [-0.4, -0.2) is 20.6 Å². The first-order valence-electron chi connectivity index (χ1n) is 4.54. The predicted octanol–water partition coefficient (Wildman–Crippen LogP) is 2.63. The normalized spacial score (nSPS) is 12.4. The van der Waals surface area contributed by atoms with E-state index in [0.29, 0.717) is 0 Å². The summed E-state index contributed by atoms with van der Waals surface area (Å²) in [5, 5.41) is 0. The van der Waals surface area contributed by atoms with Gasteiger partial charge < -0.3 is 0 Å². The van der Waals surface area contributed by atoms with Gasteiger partial charge in [-0.15, -0.1) is 5.70 Å². The van der Waals surface area contributed by atoms with Crippen molar-refractivity contribution in [1.29, 1.82) is 0 Å². The fourth-order valence-electron chi connectivity index (χ4n) is 1.01. The summed E-state index contributed by atoms with van der Waals surface area (Å²) in [6, 6.07) is 3.11. The van der Waals surface area contributed by atoms with Crippen LogP contribution in [0.2, 0.25) is 12.1 Å². The molecule has 0 atom stereocenters. The molecule has 0 rings (SSSR count). The molecule has 0 saturated heterocycles. The zero-order valence-corrected chi connectivity index (χ0v) is 15.1. The number of allylic oxidation sites excluding steroid dienone is 1. The summed E-state index contributed by atoms with van der Waals surface area (Å²) in [5.74, 6) is 0. The monoisotopic (exact) mass is 424 g/mol. The van der Waals surface area contributed by atoms with E-state index in [2.05, 4.69) is 64.7 Å². The number of halogens is 2. The molecule has 12 heavy (non-hydrogen) atoms. The van der Waals surface area contributed by atoms with Crippen molar-refractivity contribution < 1.29 is 0 Å². The van der Waals surface area contributed by atoms with E-state index < -0.39 is 0 Å². The zero-order chi connectivity index (χ0) is 9.40. The van der Waals surface area contributed by atoms with Crippen molar-refractivity contribution in [3.8, 4) is 0 Å². The number of alkyl halides is 2. The van der Waals surface area contributed by atoms with Crippen LogP contribution < -0.4 is 0 Å². The second kappa shape index (κ2) is 9.20. The third-order valence-electron chi connectivity index (χ3n) is 1.68. The van der Waals surface area contributed by atoms with Crippen molar-refractivity contribution in [3.05, 3.63) is 11.3 Å². The van der Waals surface area contributed by atoms with Gasteiger partial charge in [0, 0.05) is 20.6 Å². The van der Waals surface area contributed by atoms with Crippen molar-refractivity contribution in [2.24, 2.45) is 0 Å². The molecule has 0 nitrogen and oxygen atoms in total. The lowest BCUT2D eigenvalue weighted by molar-refractivity contribution is 1.06. The minimum Gasteiger partial charge on any atom is -0.103 e. The first kappa shape index (κ1) is 13.6. The van der Waals surface area contributed by atoms with Crippen molar-refractivity contribution in [1.82, 2.24) is 0 Å². The predicted molar refractivity (Wildman–Crippen MR) is 82.6 cm³/mol. The molecule has 0 N–H and O–H groups in total.